The van der Waals surface area contributed by atoms with E-state index in [1.807, 2.05) is 6.07 Å². The highest BCUT2D eigenvalue weighted by atomic mass is 15.1. The summed E-state index contributed by atoms with van der Waals surface area (Å²) in [5.74, 6) is 1.66. The predicted octanol–water partition coefficient (Wildman–Crippen LogP) is 2.47. The molecule has 2 rings (SSSR count). The van der Waals surface area contributed by atoms with Crippen molar-refractivity contribution in [3.05, 3.63) is 18.5 Å². The van der Waals surface area contributed by atoms with Gasteiger partial charge < -0.3 is 5.32 Å². The summed E-state index contributed by atoms with van der Waals surface area (Å²) < 4.78 is 0. The van der Waals surface area contributed by atoms with Crippen molar-refractivity contribution >= 4 is 5.95 Å². The molecule has 1 heterocycles. The Bertz CT molecular complexity index is 265. The fourth-order valence-corrected chi connectivity index (χ4v) is 1.96. The Labute approximate surface area is 85.0 Å². The first-order valence-corrected chi connectivity index (χ1v) is 5.38. The van der Waals surface area contributed by atoms with Crippen LogP contribution < -0.4 is 5.32 Å². The zero-order chi connectivity index (χ0) is 9.80. The van der Waals surface area contributed by atoms with Crippen molar-refractivity contribution in [1.82, 2.24) is 9.97 Å². The Balaban J connectivity index is 1.87. The first-order chi connectivity index (χ1) is 6.84. The molecule has 0 saturated heterocycles. The van der Waals surface area contributed by atoms with Crippen LogP contribution in [0.5, 0.6) is 0 Å². The van der Waals surface area contributed by atoms with E-state index in [-0.39, 0.29) is 0 Å². The van der Waals surface area contributed by atoms with Crippen LogP contribution in [-0.4, -0.2) is 16.0 Å². The number of hydrogen-bond donors (Lipinski definition) is 1. The van der Waals surface area contributed by atoms with Gasteiger partial charge in [-0.15, -0.1) is 0 Å². The summed E-state index contributed by atoms with van der Waals surface area (Å²) in [7, 11) is 0. The lowest BCUT2D eigenvalue weighted by molar-refractivity contribution is 0.360. The maximum Gasteiger partial charge on any atom is 0.222 e. The summed E-state index contributed by atoms with van der Waals surface area (Å²) in [6.45, 7) is 2.33. The second-order valence-electron chi connectivity index (χ2n) is 4.17. The first-order valence-electron chi connectivity index (χ1n) is 5.38. The van der Waals surface area contributed by atoms with Crippen LogP contribution in [-0.2, 0) is 0 Å². The molecule has 0 amide bonds. The quantitative estimate of drug-likeness (QED) is 0.780. The number of nitrogens with one attached hydrogen (secondary N) is 1. The third kappa shape index (κ3) is 2.44. The summed E-state index contributed by atoms with van der Waals surface area (Å²) in [6.07, 6.45) is 8.70. The monoisotopic (exact) mass is 191 g/mol. The van der Waals surface area contributed by atoms with E-state index < -0.39 is 0 Å². The smallest absolute Gasteiger partial charge is 0.222 e. The van der Waals surface area contributed by atoms with Crippen molar-refractivity contribution < 1.29 is 0 Å². The third-order valence-electron chi connectivity index (χ3n) is 2.91. The molecule has 1 aliphatic carbocycles. The molecule has 14 heavy (non-hydrogen) atoms. The van der Waals surface area contributed by atoms with Gasteiger partial charge in [0.05, 0.1) is 0 Å². The molecule has 0 atom stereocenters. The first kappa shape index (κ1) is 9.44. The Morgan fingerprint density at radius 2 is 1.79 bits per heavy atom. The zero-order valence-corrected chi connectivity index (χ0v) is 8.61. The molecule has 0 unspecified atom stereocenters. The molecule has 3 nitrogen and oxygen atoms in total. The highest BCUT2D eigenvalue weighted by Crippen LogP contribution is 2.24. The molecule has 76 valence electrons. The number of nitrogens with zero attached hydrogens (tertiary/aromatic N) is 2. The van der Waals surface area contributed by atoms with Crippen LogP contribution in [0.15, 0.2) is 18.5 Å². The molecule has 1 aliphatic rings. The molecular formula is C11H17N3. The van der Waals surface area contributed by atoms with E-state index in [1.54, 1.807) is 12.4 Å². The zero-order valence-electron chi connectivity index (χ0n) is 8.61. The molecule has 1 saturated carbocycles. The van der Waals surface area contributed by atoms with Gasteiger partial charge >= 0.3 is 0 Å². The van der Waals surface area contributed by atoms with Gasteiger partial charge in [0.1, 0.15) is 0 Å². The maximum absolute atomic E-state index is 4.17. The number of aromatic nitrogens is 2. The highest BCUT2D eigenvalue weighted by molar-refractivity contribution is 5.24. The minimum absolute atomic E-state index is 0.577. The topological polar surface area (TPSA) is 37.8 Å². The minimum Gasteiger partial charge on any atom is -0.351 e. The van der Waals surface area contributed by atoms with Crippen LogP contribution in [0.4, 0.5) is 5.95 Å². The van der Waals surface area contributed by atoms with Crippen molar-refractivity contribution in [3.8, 4) is 0 Å². The Kier molecular flexibility index (Phi) is 2.96. The molecule has 1 aromatic heterocycles. The highest BCUT2D eigenvalue weighted by Gasteiger charge is 2.18. The Morgan fingerprint density at radius 1 is 1.14 bits per heavy atom. The molecule has 0 radical (unpaired) electrons. The number of rotatable bonds is 2. The average Bonchev–Trinajstić information content (AvgIpc) is 2.23. The van der Waals surface area contributed by atoms with Crippen molar-refractivity contribution in [2.45, 2.75) is 38.6 Å². The molecular weight excluding hydrogens is 174 g/mol. The van der Waals surface area contributed by atoms with Gasteiger partial charge in [-0.05, 0) is 37.7 Å². The third-order valence-corrected chi connectivity index (χ3v) is 2.91. The van der Waals surface area contributed by atoms with Gasteiger partial charge in [0, 0.05) is 18.4 Å². The molecule has 0 spiro atoms. The Hall–Kier alpha value is -1.12. The van der Waals surface area contributed by atoms with Crippen LogP contribution in [0, 0.1) is 5.92 Å². The summed E-state index contributed by atoms with van der Waals surface area (Å²) in [6, 6.07) is 2.42. The van der Waals surface area contributed by atoms with E-state index in [4.69, 9.17) is 0 Å². The van der Waals surface area contributed by atoms with Crippen molar-refractivity contribution in [3.63, 3.8) is 0 Å². The molecule has 0 aromatic carbocycles. The van der Waals surface area contributed by atoms with E-state index in [0.717, 1.165) is 11.9 Å². The van der Waals surface area contributed by atoms with Gasteiger partial charge in [-0.2, -0.15) is 0 Å². The average molecular weight is 191 g/mol. The lowest BCUT2D eigenvalue weighted by atomic mass is 9.87. The number of anilines is 1. The van der Waals surface area contributed by atoms with Gasteiger partial charge in [-0.25, -0.2) is 9.97 Å². The van der Waals surface area contributed by atoms with Crippen molar-refractivity contribution in [2.75, 3.05) is 5.32 Å². The molecule has 0 bridgehead atoms. The minimum atomic E-state index is 0.577. The summed E-state index contributed by atoms with van der Waals surface area (Å²) in [5.41, 5.74) is 0. The van der Waals surface area contributed by atoms with Crippen LogP contribution >= 0.6 is 0 Å². The van der Waals surface area contributed by atoms with E-state index in [1.165, 1.54) is 25.7 Å². The summed E-state index contributed by atoms with van der Waals surface area (Å²) in [5, 5.41) is 3.38. The van der Waals surface area contributed by atoms with Gasteiger partial charge in [-0.1, -0.05) is 6.92 Å². The van der Waals surface area contributed by atoms with Crippen LogP contribution in [0.25, 0.3) is 0 Å². The van der Waals surface area contributed by atoms with E-state index in [9.17, 15) is 0 Å². The molecule has 1 aromatic rings. The van der Waals surface area contributed by atoms with Crippen LogP contribution in [0.2, 0.25) is 0 Å². The fraction of sp³-hybridized carbons (Fsp3) is 0.636. The van der Waals surface area contributed by atoms with Crippen molar-refractivity contribution in [1.29, 1.82) is 0 Å². The normalized spacial score (nSPS) is 27.2. The van der Waals surface area contributed by atoms with Gasteiger partial charge in [0.2, 0.25) is 5.95 Å². The lowest BCUT2D eigenvalue weighted by Gasteiger charge is -2.26. The van der Waals surface area contributed by atoms with Crippen molar-refractivity contribution in [2.24, 2.45) is 5.92 Å². The standard InChI is InChI=1S/C11H17N3/c1-9-3-5-10(6-4-9)14-11-12-7-2-8-13-11/h2,7-10H,3-6H2,1H3,(H,12,13,14)/t9-,10-. The lowest BCUT2D eigenvalue weighted by Crippen LogP contribution is -2.26. The molecule has 3 heteroatoms. The van der Waals surface area contributed by atoms with E-state index in [0.29, 0.717) is 6.04 Å². The summed E-state index contributed by atoms with van der Waals surface area (Å²) >= 11 is 0. The molecule has 0 aliphatic heterocycles. The van der Waals surface area contributed by atoms with Crippen LogP contribution in [0.1, 0.15) is 32.6 Å². The second kappa shape index (κ2) is 4.40. The fourth-order valence-electron chi connectivity index (χ4n) is 1.96. The van der Waals surface area contributed by atoms with Gasteiger partial charge in [0.25, 0.3) is 0 Å². The molecule has 1 N–H and O–H groups in total. The van der Waals surface area contributed by atoms with Gasteiger partial charge in [-0.3, -0.25) is 0 Å². The van der Waals surface area contributed by atoms with E-state index in [2.05, 4.69) is 22.2 Å². The second-order valence-corrected chi connectivity index (χ2v) is 4.17. The van der Waals surface area contributed by atoms with Gasteiger partial charge in [0.15, 0.2) is 0 Å². The largest absolute Gasteiger partial charge is 0.351 e. The van der Waals surface area contributed by atoms with E-state index >= 15 is 0 Å². The Morgan fingerprint density at radius 3 is 2.43 bits per heavy atom. The number of hydrogen-bond acceptors (Lipinski definition) is 3. The predicted molar refractivity (Wildman–Crippen MR) is 57.1 cm³/mol. The van der Waals surface area contributed by atoms with Crippen LogP contribution in [0.3, 0.4) is 0 Å². The SMILES string of the molecule is C[C@H]1CC[C@H](Nc2ncccn2)CC1. The molecule has 1 fully saturated rings. The summed E-state index contributed by atoms with van der Waals surface area (Å²) in [4.78, 5) is 8.34. The maximum atomic E-state index is 4.17.